The summed E-state index contributed by atoms with van der Waals surface area (Å²) in [6.45, 7) is 5.17. The molecule has 26 heavy (non-hydrogen) atoms. The van der Waals surface area contributed by atoms with Gasteiger partial charge in [-0.2, -0.15) is 0 Å². The van der Waals surface area contributed by atoms with Gasteiger partial charge in [-0.25, -0.2) is 0 Å². The van der Waals surface area contributed by atoms with Crippen LogP contribution in [0.25, 0.3) is 0 Å². The first-order valence-electron chi connectivity index (χ1n) is 8.93. The van der Waals surface area contributed by atoms with Crippen LogP contribution < -0.4 is 20.1 Å². The normalized spacial score (nSPS) is 11.5. The third-order valence-electron chi connectivity index (χ3n) is 4.50. The van der Waals surface area contributed by atoms with Crippen LogP contribution in [0.1, 0.15) is 37.3 Å². The van der Waals surface area contributed by atoms with Gasteiger partial charge in [0.15, 0.2) is 16.6 Å². The average Bonchev–Trinajstić information content (AvgIpc) is 2.67. The summed E-state index contributed by atoms with van der Waals surface area (Å²) in [6.07, 6.45) is 1.94. The van der Waals surface area contributed by atoms with E-state index < -0.39 is 0 Å². The van der Waals surface area contributed by atoms with Crippen LogP contribution in [0.3, 0.4) is 0 Å². The van der Waals surface area contributed by atoms with Crippen molar-refractivity contribution >= 4 is 23.0 Å². The summed E-state index contributed by atoms with van der Waals surface area (Å²) in [5, 5.41) is 7.25. The van der Waals surface area contributed by atoms with E-state index in [9.17, 15) is 0 Å². The molecule has 0 aliphatic rings. The molecule has 0 radical (unpaired) electrons. The molecule has 1 unspecified atom stereocenters. The number of methoxy groups -OCH3 is 2. The Bertz CT molecular complexity index is 734. The first kappa shape index (κ1) is 20.0. The molecule has 140 valence electrons. The van der Waals surface area contributed by atoms with Crippen molar-refractivity contribution in [1.82, 2.24) is 5.32 Å². The second kappa shape index (κ2) is 10.0. The van der Waals surface area contributed by atoms with Crippen molar-refractivity contribution in [3.8, 4) is 11.5 Å². The fourth-order valence-electron chi connectivity index (χ4n) is 2.78. The van der Waals surface area contributed by atoms with Crippen molar-refractivity contribution in [1.29, 1.82) is 0 Å². The SMILES string of the molecule is CCC(C)c1ccccc1NC(=S)NCCc1ccc(OC)c(OC)c1. The molecule has 0 saturated heterocycles. The summed E-state index contributed by atoms with van der Waals surface area (Å²) in [5.41, 5.74) is 3.53. The van der Waals surface area contributed by atoms with E-state index >= 15 is 0 Å². The Morgan fingerprint density at radius 2 is 1.81 bits per heavy atom. The largest absolute Gasteiger partial charge is 0.493 e. The van der Waals surface area contributed by atoms with Gasteiger partial charge in [-0.1, -0.05) is 38.1 Å². The molecule has 2 N–H and O–H groups in total. The number of para-hydroxylation sites is 1. The summed E-state index contributed by atoms with van der Waals surface area (Å²) in [5.74, 6) is 1.98. The molecule has 2 rings (SSSR count). The van der Waals surface area contributed by atoms with Crippen molar-refractivity contribution in [2.45, 2.75) is 32.6 Å². The molecule has 2 aromatic rings. The van der Waals surface area contributed by atoms with Crippen molar-refractivity contribution in [2.24, 2.45) is 0 Å². The number of hydrogen-bond donors (Lipinski definition) is 2. The topological polar surface area (TPSA) is 42.5 Å². The zero-order chi connectivity index (χ0) is 18.9. The zero-order valence-electron chi connectivity index (χ0n) is 16.0. The van der Waals surface area contributed by atoms with Crippen molar-refractivity contribution < 1.29 is 9.47 Å². The van der Waals surface area contributed by atoms with Gasteiger partial charge >= 0.3 is 0 Å². The number of hydrogen-bond acceptors (Lipinski definition) is 3. The third-order valence-corrected chi connectivity index (χ3v) is 4.75. The van der Waals surface area contributed by atoms with Crippen LogP contribution in [-0.4, -0.2) is 25.9 Å². The summed E-state index contributed by atoms with van der Waals surface area (Å²) >= 11 is 5.46. The minimum absolute atomic E-state index is 0.494. The van der Waals surface area contributed by atoms with Crippen LogP contribution in [0.15, 0.2) is 42.5 Å². The molecule has 2 aromatic carbocycles. The molecule has 0 amide bonds. The highest BCUT2D eigenvalue weighted by Crippen LogP contribution is 2.28. The Kier molecular flexibility index (Phi) is 7.73. The predicted molar refractivity (Wildman–Crippen MR) is 113 cm³/mol. The van der Waals surface area contributed by atoms with E-state index in [0.717, 1.165) is 42.1 Å². The Hall–Kier alpha value is -2.27. The Morgan fingerprint density at radius 3 is 2.50 bits per heavy atom. The molecular formula is C21H28N2O2S. The molecule has 0 aliphatic heterocycles. The molecule has 0 bridgehead atoms. The van der Waals surface area contributed by atoms with Crippen LogP contribution in [0, 0.1) is 0 Å². The molecule has 0 fully saturated rings. The van der Waals surface area contributed by atoms with Crippen molar-refractivity contribution in [2.75, 3.05) is 26.1 Å². The molecule has 0 saturated carbocycles. The van der Waals surface area contributed by atoms with E-state index in [1.54, 1.807) is 14.2 Å². The van der Waals surface area contributed by atoms with Crippen LogP contribution >= 0.6 is 12.2 Å². The minimum Gasteiger partial charge on any atom is -0.493 e. The maximum absolute atomic E-state index is 5.46. The number of thiocarbonyl (C=S) groups is 1. The first-order chi connectivity index (χ1) is 12.6. The van der Waals surface area contributed by atoms with Gasteiger partial charge in [0.2, 0.25) is 0 Å². The zero-order valence-corrected chi connectivity index (χ0v) is 16.8. The lowest BCUT2D eigenvalue weighted by Gasteiger charge is -2.17. The van der Waals surface area contributed by atoms with Gasteiger partial charge in [-0.15, -0.1) is 0 Å². The lowest BCUT2D eigenvalue weighted by molar-refractivity contribution is 0.354. The van der Waals surface area contributed by atoms with Crippen molar-refractivity contribution in [3.63, 3.8) is 0 Å². The van der Waals surface area contributed by atoms with Gasteiger partial charge in [0.05, 0.1) is 14.2 Å². The smallest absolute Gasteiger partial charge is 0.170 e. The van der Waals surface area contributed by atoms with E-state index in [0.29, 0.717) is 11.0 Å². The standard InChI is InChI=1S/C21H28N2O2S/c1-5-15(2)17-8-6-7-9-18(17)23-21(26)22-13-12-16-10-11-19(24-3)20(14-16)25-4/h6-11,14-15H,5,12-13H2,1-4H3,(H2,22,23,26). The van der Waals surface area contributed by atoms with Gasteiger partial charge < -0.3 is 20.1 Å². The molecule has 1 atom stereocenters. The highest BCUT2D eigenvalue weighted by atomic mass is 32.1. The second-order valence-electron chi connectivity index (χ2n) is 6.22. The first-order valence-corrected chi connectivity index (χ1v) is 9.34. The molecule has 5 heteroatoms. The average molecular weight is 373 g/mol. The Labute approximate surface area is 161 Å². The summed E-state index contributed by atoms with van der Waals surface area (Å²) in [6, 6.07) is 14.3. The second-order valence-corrected chi connectivity index (χ2v) is 6.63. The lowest BCUT2D eigenvalue weighted by atomic mass is 9.97. The van der Waals surface area contributed by atoms with Crippen LogP contribution in [0.2, 0.25) is 0 Å². The molecule has 4 nitrogen and oxygen atoms in total. The molecule has 0 heterocycles. The summed E-state index contributed by atoms with van der Waals surface area (Å²) in [4.78, 5) is 0. The van der Waals surface area contributed by atoms with E-state index in [-0.39, 0.29) is 0 Å². The van der Waals surface area contributed by atoms with Crippen LogP contribution in [-0.2, 0) is 6.42 Å². The van der Waals surface area contributed by atoms with Crippen LogP contribution in [0.4, 0.5) is 5.69 Å². The number of rotatable bonds is 8. The highest BCUT2D eigenvalue weighted by Gasteiger charge is 2.09. The van der Waals surface area contributed by atoms with Gasteiger partial charge in [-0.05, 0) is 60.3 Å². The lowest BCUT2D eigenvalue weighted by Crippen LogP contribution is -2.30. The Morgan fingerprint density at radius 1 is 1.08 bits per heavy atom. The van der Waals surface area contributed by atoms with E-state index in [1.807, 2.05) is 24.3 Å². The third kappa shape index (κ3) is 5.36. The predicted octanol–water partition coefficient (Wildman–Crippen LogP) is 4.75. The van der Waals surface area contributed by atoms with Crippen molar-refractivity contribution in [3.05, 3.63) is 53.6 Å². The van der Waals surface area contributed by atoms with E-state index in [2.05, 4.69) is 42.7 Å². The monoisotopic (exact) mass is 372 g/mol. The highest BCUT2D eigenvalue weighted by molar-refractivity contribution is 7.80. The van der Waals surface area contributed by atoms with Gasteiger partial charge in [0, 0.05) is 12.2 Å². The van der Waals surface area contributed by atoms with Crippen LogP contribution in [0.5, 0.6) is 11.5 Å². The summed E-state index contributed by atoms with van der Waals surface area (Å²) < 4.78 is 10.6. The van der Waals surface area contributed by atoms with E-state index in [1.165, 1.54) is 5.56 Å². The number of ether oxygens (including phenoxy) is 2. The maximum atomic E-state index is 5.46. The van der Waals surface area contributed by atoms with E-state index in [4.69, 9.17) is 21.7 Å². The quantitative estimate of drug-likeness (QED) is 0.655. The number of anilines is 1. The molecular weight excluding hydrogens is 344 g/mol. The minimum atomic E-state index is 0.494. The maximum Gasteiger partial charge on any atom is 0.170 e. The fraction of sp³-hybridized carbons (Fsp3) is 0.381. The fourth-order valence-corrected chi connectivity index (χ4v) is 3.00. The molecule has 0 aromatic heterocycles. The number of nitrogens with one attached hydrogen (secondary N) is 2. The van der Waals surface area contributed by atoms with Gasteiger partial charge in [0.1, 0.15) is 0 Å². The van der Waals surface area contributed by atoms with Gasteiger partial charge in [-0.3, -0.25) is 0 Å². The number of benzene rings is 2. The molecule has 0 aliphatic carbocycles. The van der Waals surface area contributed by atoms with Gasteiger partial charge in [0.25, 0.3) is 0 Å². The Balaban J connectivity index is 1.90. The molecule has 0 spiro atoms. The summed E-state index contributed by atoms with van der Waals surface area (Å²) in [7, 11) is 3.29.